The molecule has 0 bridgehead atoms. The first-order valence-corrected chi connectivity index (χ1v) is 4.69. The van der Waals surface area contributed by atoms with Gasteiger partial charge in [-0.1, -0.05) is 17.7 Å². The van der Waals surface area contributed by atoms with Gasteiger partial charge in [-0.2, -0.15) is 0 Å². The molecular weight excluding hydrogens is 188 g/mol. The molecule has 1 N–H and O–H groups in total. The Balaban J connectivity index is 2.41. The molecule has 0 fully saturated rings. The summed E-state index contributed by atoms with van der Waals surface area (Å²) in [5.74, 6) is 0.959. The lowest BCUT2D eigenvalue weighted by atomic mass is 10.2. The summed E-state index contributed by atoms with van der Waals surface area (Å²) in [5.41, 5.74) is 1.19. The lowest BCUT2D eigenvalue weighted by Crippen LogP contribution is -2.18. The predicted molar refractivity (Wildman–Crippen MR) is 53.4 cm³/mol. The average Bonchev–Trinajstić information content (AvgIpc) is 2.16. The predicted octanol–water partition coefficient (Wildman–Crippen LogP) is 1.97. The molecule has 1 atom stereocenters. The van der Waals surface area contributed by atoms with Crippen molar-refractivity contribution in [1.29, 1.82) is 0 Å². The molecule has 13 heavy (non-hydrogen) atoms. The normalized spacial score (nSPS) is 12.5. The van der Waals surface area contributed by atoms with Crippen LogP contribution in [0.3, 0.4) is 0 Å². The standard InChI is InChI=1S/C10H13ClO2/c1-8-2-4-10(5-3-8)13-7-9(12)6-11/h2-5,9,12H,6-7H2,1H3/t9-/m0/s1. The average molecular weight is 201 g/mol. The van der Waals surface area contributed by atoms with E-state index in [-0.39, 0.29) is 12.5 Å². The number of aliphatic hydroxyl groups is 1. The molecule has 0 spiro atoms. The number of ether oxygens (including phenoxy) is 1. The summed E-state index contributed by atoms with van der Waals surface area (Å²) < 4.78 is 5.28. The molecule has 0 saturated carbocycles. The molecule has 0 aliphatic rings. The first kappa shape index (κ1) is 10.4. The van der Waals surface area contributed by atoms with E-state index in [1.54, 1.807) is 0 Å². The molecule has 0 heterocycles. The minimum atomic E-state index is -0.594. The summed E-state index contributed by atoms with van der Waals surface area (Å²) in [4.78, 5) is 0. The number of alkyl halides is 1. The highest BCUT2D eigenvalue weighted by Gasteiger charge is 2.02. The molecule has 1 aromatic carbocycles. The number of halogens is 1. The van der Waals surface area contributed by atoms with E-state index in [0.717, 1.165) is 5.75 Å². The highest BCUT2D eigenvalue weighted by Crippen LogP contribution is 2.11. The van der Waals surface area contributed by atoms with E-state index < -0.39 is 6.10 Å². The molecule has 0 saturated heterocycles. The Kier molecular flexibility index (Phi) is 4.06. The van der Waals surface area contributed by atoms with Gasteiger partial charge >= 0.3 is 0 Å². The van der Waals surface area contributed by atoms with Gasteiger partial charge in [0.25, 0.3) is 0 Å². The number of rotatable bonds is 4. The first-order chi connectivity index (χ1) is 6.22. The van der Waals surface area contributed by atoms with Crippen molar-refractivity contribution in [2.45, 2.75) is 13.0 Å². The van der Waals surface area contributed by atoms with Crippen LogP contribution in [0.4, 0.5) is 0 Å². The summed E-state index contributed by atoms with van der Waals surface area (Å²) in [6, 6.07) is 7.66. The van der Waals surface area contributed by atoms with Crippen molar-refractivity contribution in [3.8, 4) is 5.75 Å². The maximum atomic E-state index is 9.12. The van der Waals surface area contributed by atoms with Crippen molar-refractivity contribution < 1.29 is 9.84 Å². The Labute approximate surface area is 83.1 Å². The van der Waals surface area contributed by atoms with Gasteiger partial charge in [-0.3, -0.25) is 0 Å². The quantitative estimate of drug-likeness (QED) is 0.754. The minimum absolute atomic E-state index is 0.200. The van der Waals surface area contributed by atoms with Crippen molar-refractivity contribution in [3.63, 3.8) is 0 Å². The van der Waals surface area contributed by atoms with Gasteiger partial charge in [0.05, 0.1) is 5.88 Å². The topological polar surface area (TPSA) is 29.5 Å². The summed E-state index contributed by atoms with van der Waals surface area (Å²) in [7, 11) is 0. The van der Waals surface area contributed by atoms with E-state index in [1.807, 2.05) is 31.2 Å². The van der Waals surface area contributed by atoms with Crippen LogP contribution >= 0.6 is 11.6 Å². The molecule has 2 nitrogen and oxygen atoms in total. The highest BCUT2D eigenvalue weighted by atomic mass is 35.5. The molecule has 0 aliphatic carbocycles. The van der Waals surface area contributed by atoms with Gasteiger partial charge < -0.3 is 9.84 Å². The summed E-state index contributed by atoms with van der Waals surface area (Å²) in [6.07, 6.45) is -0.594. The molecule has 0 radical (unpaired) electrons. The van der Waals surface area contributed by atoms with Crippen LogP contribution in [-0.4, -0.2) is 23.7 Å². The maximum Gasteiger partial charge on any atom is 0.119 e. The smallest absolute Gasteiger partial charge is 0.119 e. The second-order valence-electron chi connectivity index (χ2n) is 2.93. The largest absolute Gasteiger partial charge is 0.491 e. The third-order valence-electron chi connectivity index (χ3n) is 1.64. The van der Waals surface area contributed by atoms with E-state index >= 15 is 0 Å². The van der Waals surface area contributed by atoms with Gasteiger partial charge in [0, 0.05) is 0 Å². The number of hydrogen-bond donors (Lipinski definition) is 1. The maximum absolute atomic E-state index is 9.12. The number of hydrogen-bond acceptors (Lipinski definition) is 2. The van der Waals surface area contributed by atoms with Crippen molar-refractivity contribution in [2.75, 3.05) is 12.5 Å². The van der Waals surface area contributed by atoms with E-state index in [2.05, 4.69) is 0 Å². The van der Waals surface area contributed by atoms with Crippen LogP contribution in [0.2, 0.25) is 0 Å². The third kappa shape index (κ3) is 3.66. The molecule has 1 aromatic rings. The fourth-order valence-electron chi connectivity index (χ4n) is 0.871. The molecule has 0 unspecified atom stereocenters. The van der Waals surface area contributed by atoms with Crippen LogP contribution in [-0.2, 0) is 0 Å². The SMILES string of the molecule is Cc1ccc(OC[C@@H](O)CCl)cc1. The van der Waals surface area contributed by atoms with Gasteiger partial charge in [-0.25, -0.2) is 0 Å². The van der Waals surface area contributed by atoms with Crippen molar-refractivity contribution in [1.82, 2.24) is 0 Å². The Bertz CT molecular complexity index is 246. The fraction of sp³-hybridized carbons (Fsp3) is 0.400. The van der Waals surface area contributed by atoms with Gasteiger partial charge in [-0.05, 0) is 19.1 Å². The van der Waals surface area contributed by atoms with E-state index in [1.165, 1.54) is 5.56 Å². The summed E-state index contributed by atoms with van der Waals surface area (Å²) in [5, 5.41) is 9.12. The third-order valence-corrected chi connectivity index (χ3v) is 2.00. The highest BCUT2D eigenvalue weighted by molar-refractivity contribution is 6.18. The molecule has 0 amide bonds. The molecule has 0 aromatic heterocycles. The first-order valence-electron chi connectivity index (χ1n) is 4.16. The molecular formula is C10H13ClO2. The Morgan fingerprint density at radius 2 is 2.00 bits per heavy atom. The van der Waals surface area contributed by atoms with Crippen LogP contribution in [0.25, 0.3) is 0 Å². The monoisotopic (exact) mass is 200 g/mol. The van der Waals surface area contributed by atoms with Gasteiger partial charge in [0.1, 0.15) is 18.5 Å². The summed E-state index contributed by atoms with van der Waals surface area (Å²) >= 11 is 5.41. The number of benzene rings is 1. The van der Waals surface area contributed by atoms with Crippen LogP contribution in [0, 0.1) is 6.92 Å². The van der Waals surface area contributed by atoms with Gasteiger partial charge in [0.2, 0.25) is 0 Å². The van der Waals surface area contributed by atoms with Gasteiger partial charge in [-0.15, -0.1) is 11.6 Å². The summed E-state index contributed by atoms with van der Waals surface area (Å²) in [6.45, 7) is 2.25. The van der Waals surface area contributed by atoms with Crippen LogP contribution < -0.4 is 4.74 Å². The van der Waals surface area contributed by atoms with Crippen LogP contribution in [0.15, 0.2) is 24.3 Å². The Morgan fingerprint density at radius 1 is 1.38 bits per heavy atom. The Morgan fingerprint density at radius 3 is 2.54 bits per heavy atom. The minimum Gasteiger partial charge on any atom is -0.491 e. The second kappa shape index (κ2) is 5.10. The van der Waals surface area contributed by atoms with Crippen LogP contribution in [0.5, 0.6) is 5.75 Å². The zero-order valence-corrected chi connectivity index (χ0v) is 8.29. The van der Waals surface area contributed by atoms with Crippen molar-refractivity contribution >= 4 is 11.6 Å². The van der Waals surface area contributed by atoms with Crippen molar-refractivity contribution in [3.05, 3.63) is 29.8 Å². The Hall–Kier alpha value is -0.730. The zero-order chi connectivity index (χ0) is 9.68. The van der Waals surface area contributed by atoms with Gasteiger partial charge in [0.15, 0.2) is 0 Å². The van der Waals surface area contributed by atoms with E-state index in [4.69, 9.17) is 21.4 Å². The fourth-order valence-corrected chi connectivity index (χ4v) is 0.961. The lowest BCUT2D eigenvalue weighted by molar-refractivity contribution is 0.125. The lowest BCUT2D eigenvalue weighted by Gasteiger charge is -2.09. The number of aliphatic hydroxyl groups excluding tert-OH is 1. The van der Waals surface area contributed by atoms with Crippen LogP contribution in [0.1, 0.15) is 5.56 Å². The molecule has 1 rings (SSSR count). The van der Waals surface area contributed by atoms with Crippen molar-refractivity contribution in [2.24, 2.45) is 0 Å². The molecule has 72 valence electrons. The number of aryl methyl sites for hydroxylation is 1. The zero-order valence-electron chi connectivity index (χ0n) is 7.53. The van der Waals surface area contributed by atoms with E-state index in [0.29, 0.717) is 0 Å². The molecule has 0 aliphatic heterocycles. The molecule has 3 heteroatoms. The van der Waals surface area contributed by atoms with E-state index in [9.17, 15) is 0 Å². The second-order valence-corrected chi connectivity index (χ2v) is 3.24.